The van der Waals surface area contributed by atoms with Crippen LogP contribution in [0.5, 0.6) is 5.75 Å². The smallest absolute Gasteiger partial charge is 0.119 e. The average molecular weight is 306 g/mol. The Morgan fingerprint density at radius 1 is 1.17 bits per heavy atom. The molecule has 2 aromatic carbocycles. The van der Waals surface area contributed by atoms with Gasteiger partial charge >= 0.3 is 0 Å². The largest absolute Gasteiger partial charge is 0.497 e. The summed E-state index contributed by atoms with van der Waals surface area (Å²) in [6.07, 6.45) is 3.08. The van der Waals surface area contributed by atoms with Crippen molar-refractivity contribution in [1.82, 2.24) is 4.57 Å². The second-order valence-electron chi connectivity index (χ2n) is 6.38. The first-order valence-electron chi connectivity index (χ1n) is 8.24. The van der Waals surface area contributed by atoms with Crippen LogP contribution in [-0.4, -0.2) is 17.7 Å². The zero-order chi connectivity index (χ0) is 15.8. The van der Waals surface area contributed by atoms with Crippen LogP contribution >= 0.6 is 0 Å². The first-order valence-corrected chi connectivity index (χ1v) is 8.24. The molecule has 0 aliphatic heterocycles. The SMILES string of the molecule is COc1ccc2c(c1)c1c(n2Cc2ccccc2)CCC(N)C1. The maximum absolute atomic E-state index is 6.23. The molecule has 0 radical (unpaired) electrons. The van der Waals surface area contributed by atoms with Crippen molar-refractivity contribution in [2.45, 2.75) is 31.8 Å². The highest BCUT2D eigenvalue weighted by molar-refractivity contribution is 5.87. The summed E-state index contributed by atoms with van der Waals surface area (Å²) in [5.41, 5.74) is 11.7. The van der Waals surface area contributed by atoms with E-state index in [1.807, 2.05) is 0 Å². The van der Waals surface area contributed by atoms with Gasteiger partial charge in [-0.1, -0.05) is 30.3 Å². The number of rotatable bonds is 3. The Morgan fingerprint density at radius 3 is 2.78 bits per heavy atom. The van der Waals surface area contributed by atoms with E-state index in [4.69, 9.17) is 10.5 Å². The standard InChI is InChI=1S/C20H22N2O/c1-23-16-8-10-20-18(12-16)17-11-15(21)7-9-19(17)22(20)13-14-5-3-2-4-6-14/h2-6,8,10,12,15H,7,9,11,13,21H2,1H3. The Balaban J connectivity index is 1.89. The summed E-state index contributed by atoms with van der Waals surface area (Å²) in [5.74, 6) is 0.913. The second-order valence-corrected chi connectivity index (χ2v) is 6.38. The number of ether oxygens (including phenoxy) is 1. The molecule has 4 rings (SSSR count). The molecule has 0 saturated carbocycles. The van der Waals surface area contributed by atoms with Crippen LogP contribution < -0.4 is 10.5 Å². The van der Waals surface area contributed by atoms with Crippen molar-refractivity contribution in [2.75, 3.05) is 7.11 Å². The second kappa shape index (κ2) is 5.74. The van der Waals surface area contributed by atoms with Gasteiger partial charge in [0.2, 0.25) is 0 Å². The van der Waals surface area contributed by atoms with Crippen LogP contribution in [0.4, 0.5) is 0 Å². The molecule has 1 aliphatic rings. The number of benzene rings is 2. The number of hydrogen-bond acceptors (Lipinski definition) is 2. The molecule has 0 spiro atoms. The molecule has 1 aromatic heterocycles. The Hall–Kier alpha value is -2.26. The van der Waals surface area contributed by atoms with Gasteiger partial charge in [0.1, 0.15) is 5.75 Å². The molecule has 23 heavy (non-hydrogen) atoms. The summed E-state index contributed by atoms with van der Waals surface area (Å²) in [4.78, 5) is 0. The van der Waals surface area contributed by atoms with E-state index in [0.29, 0.717) is 0 Å². The van der Waals surface area contributed by atoms with E-state index < -0.39 is 0 Å². The normalized spacial score (nSPS) is 17.2. The van der Waals surface area contributed by atoms with Crippen molar-refractivity contribution in [3.05, 3.63) is 65.4 Å². The predicted octanol–water partition coefficient (Wildman–Crippen LogP) is 3.51. The average Bonchev–Trinajstić information content (AvgIpc) is 2.88. The zero-order valence-corrected chi connectivity index (χ0v) is 13.5. The van der Waals surface area contributed by atoms with E-state index in [2.05, 4.69) is 53.1 Å². The van der Waals surface area contributed by atoms with E-state index in [0.717, 1.165) is 31.6 Å². The summed E-state index contributed by atoms with van der Waals surface area (Å²) in [6.45, 7) is 0.911. The monoisotopic (exact) mass is 306 g/mol. The number of nitrogens with zero attached hydrogens (tertiary/aromatic N) is 1. The highest BCUT2D eigenvalue weighted by Gasteiger charge is 2.23. The number of nitrogens with two attached hydrogens (primary N) is 1. The molecule has 1 atom stereocenters. The molecule has 3 aromatic rings. The summed E-state index contributed by atoms with van der Waals surface area (Å²) < 4.78 is 7.89. The lowest BCUT2D eigenvalue weighted by Gasteiger charge is -2.21. The van der Waals surface area contributed by atoms with Gasteiger partial charge in [-0.3, -0.25) is 0 Å². The van der Waals surface area contributed by atoms with Gasteiger partial charge in [-0.05, 0) is 48.6 Å². The lowest BCUT2D eigenvalue weighted by molar-refractivity contribution is 0.415. The fraction of sp³-hybridized carbons (Fsp3) is 0.300. The van der Waals surface area contributed by atoms with Crippen molar-refractivity contribution in [3.63, 3.8) is 0 Å². The maximum atomic E-state index is 6.23. The maximum Gasteiger partial charge on any atom is 0.119 e. The van der Waals surface area contributed by atoms with Gasteiger partial charge < -0.3 is 15.0 Å². The first kappa shape index (κ1) is 14.3. The van der Waals surface area contributed by atoms with Crippen LogP contribution in [0.1, 0.15) is 23.2 Å². The molecule has 0 fully saturated rings. The van der Waals surface area contributed by atoms with Crippen molar-refractivity contribution in [3.8, 4) is 5.75 Å². The van der Waals surface area contributed by atoms with Crippen molar-refractivity contribution >= 4 is 10.9 Å². The van der Waals surface area contributed by atoms with Crippen molar-refractivity contribution < 1.29 is 4.74 Å². The summed E-state index contributed by atoms with van der Waals surface area (Å²) in [5, 5.41) is 1.30. The minimum Gasteiger partial charge on any atom is -0.497 e. The molecular weight excluding hydrogens is 284 g/mol. The van der Waals surface area contributed by atoms with Gasteiger partial charge in [0.05, 0.1) is 7.11 Å². The number of aromatic nitrogens is 1. The third-order valence-electron chi connectivity index (χ3n) is 4.90. The molecule has 1 heterocycles. The number of fused-ring (bicyclic) bond motifs is 3. The van der Waals surface area contributed by atoms with Gasteiger partial charge in [0.25, 0.3) is 0 Å². The molecule has 2 N–H and O–H groups in total. The summed E-state index contributed by atoms with van der Waals surface area (Å²) in [6, 6.07) is 17.3. The Morgan fingerprint density at radius 2 is 2.00 bits per heavy atom. The molecule has 1 aliphatic carbocycles. The summed E-state index contributed by atoms with van der Waals surface area (Å²) >= 11 is 0. The van der Waals surface area contributed by atoms with E-state index in [1.54, 1.807) is 7.11 Å². The van der Waals surface area contributed by atoms with Gasteiger partial charge in [0, 0.05) is 29.2 Å². The Kier molecular flexibility index (Phi) is 3.58. The van der Waals surface area contributed by atoms with Crippen LogP contribution in [-0.2, 0) is 19.4 Å². The van der Waals surface area contributed by atoms with Crippen LogP contribution in [0.3, 0.4) is 0 Å². The van der Waals surface area contributed by atoms with Crippen LogP contribution in [0.25, 0.3) is 10.9 Å². The van der Waals surface area contributed by atoms with Gasteiger partial charge in [0.15, 0.2) is 0 Å². The van der Waals surface area contributed by atoms with Crippen LogP contribution in [0.15, 0.2) is 48.5 Å². The highest BCUT2D eigenvalue weighted by atomic mass is 16.5. The Labute approximate surface area is 136 Å². The minimum atomic E-state index is 0.268. The Bertz CT molecular complexity index is 836. The molecule has 3 nitrogen and oxygen atoms in total. The lowest BCUT2D eigenvalue weighted by Crippen LogP contribution is -2.28. The molecular formula is C20H22N2O. The van der Waals surface area contributed by atoms with E-state index in [1.165, 1.54) is 27.7 Å². The first-order chi connectivity index (χ1) is 11.3. The van der Waals surface area contributed by atoms with Crippen molar-refractivity contribution in [2.24, 2.45) is 5.73 Å². The molecule has 3 heteroatoms. The van der Waals surface area contributed by atoms with E-state index >= 15 is 0 Å². The van der Waals surface area contributed by atoms with Crippen LogP contribution in [0.2, 0.25) is 0 Å². The highest BCUT2D eigenvalue weighted by Crippen LogP contribution is 2.34. The number of hydrogen-bond donors (Lipinski definition) is 1. The number of methoxy groups -OCH3 is 1. The van der Waals surface area contributed by atoms with Gasteiger partial charge in [-0.15, -0.1) is 0 Å². The molecule has 118 valence electrons. The topological polar surface area (TPSA) is 40.2 Å². The summed E-state index contributed by atoms with van der Waals surface area (Å²) in [7, 11) is 1.72. The third-order valence-corrected chi connectivity index (χ3v) is 4.90. The van der Waals surface area contributed by atoms with Crippen molar-refractivity contribution in [1.29, 1.82) is 0 Å². The molecule has 0 bridgehead atoms. The third kappa shape index (κ3) is 2.51. The van der Waals surface area contributed by atoms with E-state index in [9.17, 15) is 0 Å². The zero-order valence-electron chi connectivity index (χ0n) is 13.5. The molecule has 1 unspecified atom stereocenters. The van der Waals surface area contributed by atoms with Crippen LogP contribution in [0, 0.1) is 0 Å². The van der Waals surface area contributed by atoms with E-state index in [-0.39, 0.29) is 6.04 Å². The lowest BCUT2D eigenvalue weighted by atomic mass is 9.92. The minimum absolute atomic E-state index is 0.268. The fourth-order valence-electron chi connectivity index (χ4n) is 3.73. The predicted molar refractivity (Wildman–Crippen MR) is 94.0 cm³/mol. The van der Waals surface area contributed by atoms with Gasteiger partial charge in [-0.25, -0.2) is 0 Å². The fourth-order valence-corrected chi connectivity index (χ4v) is 3.73. The molecule has 0 saturated heterocycles. The van der Waals surface area contributed by atoms with Gasteiger partial charge in [-0.2, -0.15) is 0 Å². The quantitative estimate of drug-likeness (QED) is 0.804. The molecule has 0 amide bonds.